The van der Waals surface area contributed by atoms with Crippen LogP contribution in [0.1, 0.15) is 45.4 Å². The Bertz CT molecular complexity index is 151. The molecule has 0 saturated heterocycles. The molecule has 0 radical (unpaired) electrons. The molecule has 2 nitrogen and oxygen atoms in total. The third kappa shape index (κ3) is 3.83. The van der Waals surface area contributed by atoms with E-state index in [0.717, 1.165) is 12.8 Å². The Balaban J connectivity index is 0.00000121. The minimum absolute atomic E-state index is 0. The fourth-order valence-corrected chi connectivity index (χ4v) is 1.95. The van der Waals surface area contributed by atoms with Crippen LogP contribution in [0, 0.1) is 5.41 Å². The number of carbonyl (C=O) groups is 1. The van der Waals surface area contributed by atoms with Gasteiger partial charge in [-0.1, -0.05) is 26.2 Å². The maximum absolute atomic E-state index is 10.5. The molecule has 3 heteroatoms. The Morgan fingerprint density at radius 3 is 2.25 bits per heavy atom. The van der Waals surface area contributed by atoms with E-state index in [4.69, 9.17) is 5.11 Å². The van der Waals surface area contributed by atoms with E-state index < -0.39 is 5.97 Å². The van der Waals surface area contributed by atoms with Crippen molar-refractivity contribution in [2.45, 2.75) is 45.4 Å². The van der Waals surface area contributed by atoms with Crippen molar-refractivity contribution in [2.24, 2.45) is 5.41 Å². The summed E-state index contributed by atoms with van der Waals surface area (Å²) in [6.07, 6.45) is 6.26. The SMILES string of the molecule is CC1(CC(=O)O)CCCCC1.[InH3]. The number of aliphatic carboxylic acids is 1. The molecule has 0 unspecified atom stereocenters. The molecule has 0 heterocycles. The standard InChI is InChI=1S/C9H16O2.In.3H/c1-9(7-8(10)11)5-3-2-4-6-9;;;;/h2-7H2,1H3,(H,10,11);;;;. The molecule has 0 atom stereocenters. The Hall–Kier alpha value is 0.340. The Morgan fingerprint density at radius 1 is 1.33 bits per heavy atom. The Labute approximate surface area is 92.5 Å². The van der Waals surface area contributed by atoms with Gasteiger partial charge in [0.25, 0.3) is 0 Å². The van der Waals surface area contributed by atoms with Gasteiger partial charge in [0, 0.05) is 0 Å². The summed E-state index contributed by atoms with van der Waals surface area (Å²) < 4.78 is 0. The van der Waals surface area contributed by atoms with E-state index in [0.29, 0.717) is 6.42 Å². The maximum atomic E-state index is 10.5. The molecule has 12 heavy (non-hydrogen) atoms. The van der Waals surface area contributed by atoms with Crippen molar-refractivity contribution >= 4 is 31.8 Å². The zero-order valence-corrected chi connectivity index (χ0v) is 7.10. The number of carboxylic acids is 1. The molecule has 0 aromatic heterocycles. The van der Waals surface area contributed by atoms with E-state index in [9.17, 15) is 4.79 Å². The van der Waals surface area contributed by atoms with Crippen molar-refractivity contribution in [2.75, 3.05) is 0 Å². The number of hydrogen-bond acceptors (Lipinski definition) is 1. The zero-order chi connectivity index (χ0) is 8.32. The van der Waals surface area contributed by atoms with Crippen LogP contribution in [-0.4, -0.2) is 36.9 Å². The third-order valence-electron chi connectivity index (χ3n) is 2.64. The summed E-state index contributed by atoms with van der Waals surface area (Å²) in [5.74, 6) is -0.644. The molecule has 0 aromatic carbocycles. The van der Waals surface area contributed by atoms with Crippen LogP contribution in [0.5, 0.6) is 0 Å². The van der Waals surface area contributed by atoms with Crippen LogP contribution in [0.3, 0.4) is 0 Å². The van der Waals surface area contributed by atoms with Gasteiger partial charge in [-0.05, 0) is 18.3 Å². The monoisotopic (exact) mass is 274 g/mol. The summed E-state index contributed by atoms with van der Waals surface area (Å²) in [7, 11) is 0. The summed E-state index contributed by atoms with van der Waals surface area (Å²) in [6, 6.07) is 0. The summed E-state index contributed by atoms with van der Waals surface area (Å²) in [4.78, 5) is 10.5. The molecule has 1 saturated carbocycles. The molecule has 0 aliphatic heterocycles. The second-order valence-corrected chi connectivity index (χ2v) is 3.94. The molecule has 0 amide bonds. The number of rotatable bonds is 2. The molecule has 0 bridgehead atoms. The number of hydrogen-bond donors (Lipinski definition) is 1. The molecule has 0 spiro atoms. The van der Waals surface area contributed by atoms with Crippen LogP contribution in [-0.2, 0) is 4.79 Å². The first-order valence-corrected chi connectivity index (χ1v) is 4.34. The first-order valence-electron chi connectivity index (χ1n) is 4.34. The molecule has 1 aliphatic carbocycles. The van der Waals surface area contributed by atoms with Crippen molar-refractivity contribution in [3.63, 3.8) is 0 Å². The zero-order valence-electron chi connectivity index (χ0n) is 7.10. The van der Waals surface area contributed by atoms with Crippen molar-refractivity contribution < 1.29 is 9.90 Å². The van der Waals surface area contributed by atoms with Crippen molar-refractivity contribution in [3.05, 3.63) is 0 Å². The molecule has 0 aromatic rings. The van der Waals surface area contributed by atoms with Crippen LogP contribution >= 0.6 is 0 Å². The number of carboxylic acid groups (broad SMARTS) is 1. The molecular formula is C9H19InO2. The first-order chi connectivity index (χ1) is 5.12. The summed E-state index contributed by atoms with van der Waals surface area (Å²) >= 11 is 0. The molecule has 1 fully saturated rings. The fourth-order valence-electron chi connectivity index (χ4n) is 1.95. The Morgan fingerprint density at radius 2 is 1.83 bits per heavy atom. The van der Waals surface area contributed by atoms with E-state index in [1.807, 2.05) is 0 Å². The van der Waals surface area contributed by atoms with E-state index in [1.165, 1.54) is 19.3 Å². The first kappa shape index (κ1) is 12.3. The quantitative estimate of drug-likeness (QED) is 0.822. The normalized spacial score (nSPS) is 21.1. The van der Waals surface area contributed by atoms with Gasteiger partial charge < -0.3 is 5.11 Å². The molecular weight excluding hydrogens is 255 g/mol. The average molecular weight is 274 g/mol. The Kier molecular flexibility index (Phi) is 5.30. The second-order valence-electron chi connectivity index (χ2n) is 3.94. The van der Waals surface area contributed by atoms with Gasteiger partial charge in [0.1, 0.15) is 0 Å². The minimum atomic E-state index is -0.644. The predicted molar refractivity (Wildman–Crippen MR) is 53.4 cm³/mol. The van der Waals surface area contributed by atoms with Gasteiger partial charge in [-0.3, -0.25) is 4.79 Å². The topological polar surface area (TPSA) is 37.3 Å². The van der Waals surface area contributed by atoms with E-state index >= 15 is 0 Å². The van der Waals surface area contributed by atoms with Crippen LogP contribution in [0.4, 0.5) is 0 Å². The van der Waals surface area contributed by atoms with Crippen LogP contribution < -0.4 is 0 Å². The van der Waals surface area contributed by atoms with Gasteiger partial charge in [-0.25, -0.2) is 0 Å². The van der Waals surface area contributed by atoms with Gasteiger partial charge in [-0.15, -0.1) is 0 Å². The van der Waals surface area contributed by atoms with Gasteiger partial charge in [0.2, 0.25) is 0 Å². The molecule has 1 rings (SSSR count). The van der Waals surface area contributed by atoms with Crippen LogP contribution in [0.2, 0.25) is 0 Å². The summed E-state index contributed by atoms with van der Waals surface area (Å²) in [5, 5.41) is 8.63. The third-order valence-corrected chi connectivity index (χ3v) is 2.64. The van der Waals surface area contributed by atoms with Gasteiger partial charge in [-0.2, -0.15) is 0 Å². The van der Waals surface area contributed by atoms with Crippen LogP contribution in [0.15, 0.2) is 0 Å². The van der Waals surface area contributed by atoms with E-state index in [2.05, 4.69) is 6.92 Å². The van der Waals surface area contributed by atoms with Crippen molar-refractivity contribution in [1.82, 2.24) is 0 Å². The fraction of sp³-hybridized carbons (Fsp3) is 0.889. The van der Waals surface area contributed by atoms with Crippen molar-refractivity contribution in [3.8, 4) is 0 Å². The van der Waals surface area contributed by atoms with E-state index in [-0.39, 0.29) is 31.3 Å². The summed E-state index contributed by atoms with van der Waals surface area (Å²) in [6.45, 7) is 2.10. The van der Waals surface area contributed by atoms with Gasteiger partial charge in [0.05, 0.1) is 6.42 Å². The van der Waals surface area contributed by atoms with Crippen LogP contribution in [0.25, 0.3) is 0 Å². The van der Waals surface area contributed by atoms with E-state index in [1.54, 1.807) is 0 Å². The second kappa shape index (κ2) is 5.15. The molecule has 1 aliphatic rings. The molecule has 1 N–H and O–H groups in total. The van der Waals surface area contributed by atoms with Gasteiger partial charge >= 0.3 is 31.8 Å². The van der Waals surface area contributed by atoms with Crippen molar-refractivity contribution in [1.29, 1.82) is 0 Å². The summed E-state index contributed by atoms with van der Waals surface area (Å²) in [5.41, 5.74) is 0.101. The van der Waals surface area contributed by atoms with Gasteiger partial charge in [0.15, 0.2) is 0 Å². The molecule has 70 valence electrons. The predicted octanol–water partition coefficient (Wildman–Crippen LogP) is 1.25. The average Bonchev–Trinajstić information content (AvgIpc) is 1.85.